The fourth-order valence-corrected chi connectivity index (χ4v) is 4.79. The predicted molar refractivity (Wildman–Crippen MR) is 141 cm³/mol. The number of carbonyl (C=O) groups excluding carboxylic acids is 4. The Morgan fingerprint density at radius 1 is 1.00 bits per heavy atom. The Balaban J connectivity index is 1.38. The van der Waals surface area contributed by atoms with E-state index in [0.717, 1.165) is 14.9 Å². The van der Waals surface area contributed by atoms with Gasteiger partial charge in [0.15, 0.2) is 0 Å². The molecule has 1 unspecified atom stereocenters. The van der Waals surface area contributed by atoms with E-state index in [1.54, 1.807) is 30.3 Å². The zero-order valence-corrected chi connectivity index (χ0v) is 21.2. The quantitative estimate of drug-likeness (QED) is 0.483. The van der Waals surface area contributed by atoms with Crippen LogP contribution in [0.4, 0.5) is 11.5 Å². The third-order valence-corrected chi connectivity index (χ3v) is 6.65. The number of amides is 4. The van der Waals surface area contributed by atoms with Gasteiger partial charge in [0.1, 0.15) is 24.9 Å². The lowest BCUT2D eigenvalue weighted by Gasteiger charge is -2.31. The zero-order valence-electron chi connectivity index (χ0n) is 19.6. The molecule has 9 nitrogen and oxygen atoms in total. The van der Waals surface area contributed by atoms with E-state index in [-0.39, 0.29) is 43.6 Å². The average Bonchev–Trinajstić information content (AvgIpc) is 3.03. The molecule has 0 bridgehead atoms. The second kappa shape index (κ2) is 10.4. The molecule has 0 saturated carbocycles. The molecule has 10 heteroatoms. The van der Waals surface area contributed by atoms with Gasteiger partial charge in [-0.1, -0.05) is 52.3 Å². The number of anilines is 2. The maximum absolute atomic E-state index is 13.1. The second-order valence-corrected chi connectivity index (χ2v) is 9.50. The molecule has 2 aromatic carbocycles. The molecule has 2 aliphatic rings. The molecule has 37 heavy (non-hydrogen) atoms. The van der Waals surface area contributed by atoms with Crippen LogP contribution in [0.15, 0.2) is 82.4 Å². The first-order chi connectivity index (χ1) is 17.9. The Kier molecular flexibility index (Phi) is 6.91. The van der Waals surface area contributed by atoms with Gasteiger partial charge in [0.2, 0.25) is 17.7 Å². The molecule has 1 atom stereocenters. The van der Waals surface area contributed by atoms with E-state index in [9.17, 15) is 19.2 Å². The number of benzodiazepines with no additional fused rings is 1. The number of imide groups is 1. The van der Waals surface area contributed by atoms with Crippen LogP contribution in [0.2, 0.25) is 0 Å². The van der Waals surface area contributed by atoms with Gasteiger partial charge in [0.25, 0.3) is 5.91 Å². The van der Waals surface area contributed by atoms with Crippen molar-refractivity contribution in [3.05, 3.63) is 88.5 Å². The normalized spacial score (nSPS) is 17.7. The van der Waals surface area contributed by atoms with E-state index in [0.29, 0.717) is 17.0 Å². The minimum Gasteiger partial charge on any atom is -0.343 e. The zero-order chi connectivity index (χ0) is 25.9. The molecule has 186 valence electrons. The number of fused-ring (bicyclic) bond motifs is 1. The topological polar surface area (TPSA) is 112 Å². The van der Waals surface area contributed by atoms with Crippen molar-refractivity contribution in [2.24, 2.45) is 4.99 Å². The summed E-state index contributed by atoms with van der Waals surface area (Å²) in [7, 11) is 0. The smallest absolute Gasteiger partial charge is 0.257 e. The highest BCUT2D eigenvalue weighted by Gasteiger charge is 2.37. The second-order valence-electron chi connectivity index (χ2n) is 8.59. The molecule has 5 rings (SSSR count). The van der Waals surface area contributed by atoms with Gasteiger partial charge in [0, 0.05) is 28.2 Å². The molecule has 0 aliphatic carbocycles. The van der Waals surface area contributed by atoms with Gasteiger partial charge in [-0.2, -0.15) is 0 Å². The van der Waals surface area contributed by atoms with Gasteiger partial charge in [0.05, 0.1) is 11.4 Å². The van der Waals surface area contributed by atoms with E-state index in [4.69, 9.17) is 0 Å². The van der Waals surface area contributed by atoms with Crippen molar-refractivity contribution in [3.8, 4) is 0 Å². The Labute approximate surface area is 221 Å². The SMILES string of the molecule is O=C(CN1C(=O)CN=C(c2ccccc2)c2cc(Br)ccc21)NC1CCC(=O)N(c2ccccn2)C1=O. The molecule has 4 amide bonds. The summed E-state index contributed by atoms with van der Waals surface area (Å²) in [4.78, 5) is 62.8. The van der Waals surface area contributed by atoms with Crippen LogP contribution >= 0.6 is 15.9 Å². The molecule has 3 heterocycles. The van der Waals surface area contributed by atoms with Crippen LogP contribution in [0.5, 0.6) is 0 Å². The molecule has 1 saturated heterocycles. The summed E-state index contributed by atoms with van der Waals surface area (Å²) in [5, 5.41) is 2.71. The molecule has 1 fully saturated rings. The summed E-state index contributed by atoms with van der Waals surface area (Å²) < 4.78 is 0.806. The van der Waals surface area contributed by atoms with E-state index < -0.39 is 17.9 Å². The molecule has 1 aromatic heterocycles. The number of aromatic nitrogens is 1. The van der Waals surface area contributed by atoms with E-state index >= 15 is 0 Å². The standard InChI is InChI=1S/C27H22BrN5O4/c28-18-9-11-21-19(14-18)26(17-6-2-1-3-7-17)30-15-25(36)32(21)16-23(34)31-20-10-12-24(35)33(27(20)37)22-8-4-5-13-29-22/h1-9,11,13-14,20H,10,12,15-16H2,(H,31,34). The van der Waals surface area contributed by atoms with Crippen LogP contribution in [-0.4, -0.2) is 53.5 Å². The number of pyridine rings is 1. The average molecular weight is 560 g/mol. The Hall–Kier alpha value is -4.18. The summed E-state index contributed by atoms with van der Waals surface area (Å²) in [5.41, 5.74) is 2.76. The molecule has 1 N–H and O–H groups in total. The van der Waals surface area contributed by atoms with Crippen molar-refractivity contribution in [1.82, 2.24) is 10.3 Å². The number of nitrogens with zero attached hydrogens (tertiary/aromatic N) is 4. The van der Waals surface area contributed by atoms with Crippen LogP contribution in [0.25, 0.3) is 0 Å². The van der Waals surface area contributed by atoms with Gasteiger partial charge in [-0.15, -0.1) is 0 Å². The van der Waals surface area contributed by atoms with Crippen LogP contribution < -0.4 is 15.1 Å². The predicted octanol–water partition coefficient (Wildman–Crippen LogP) is 2.87. The first-order valence-electron chi connectivity index (χ1n) is 11.7. The van der Waals surface area contributed by atoms with Gasteiger partial charge >= 0.3 is 0 Å². The van der Waals surface area contributed by atoms with Gasteiger partial charge in [-0.05, 0) is 36.8 Å². The third-order valence-electron chi connectivity index (χ3n) is 6.16. The Morgan fingerprint density at radius 3 is 2.54 bits per heavy atom. The highest BCUT2D eigenvalue weighted by Crippen LogP contribution is 2.30. The molecule has 3 aromatic rings. The number of carbonyl (C=O) groups is 4. The molecule has 0 radical (unpaired) electrons. The first-order valence-corrected chi connectivity index (χ1v) is 12.5. The van der Waals surface area contributed by atoms with Crippen molar-refractivity contribution in [3.63, 3.8) is 0 Å². The van der Waals surface area contributed by atoms with Crippen LogP contribution in [-0.2, 0) is 19.2 Å². The Bertz CT molecular complexity index is 1410. The maximum atomic E-state index is 13.1. The fraction of sp³-hybridized carbons (Fsp3) is 0.185. The summed E-state index contributed by atoms with van der Waals surface area (Å²) in [6, 6.07) is 19.0. The lowest BCUT2D eigenvalue weighted by molar-refractivity contribution is -0.133. The highest BCUT2D eigenvalue weighted by molar-refractivity contribution is 9.10. The number of piperidine rings is 1. The minimum absolute atomic E-state index is 0.0844. The van der Waals surface area contributed by atoms with Gasteiger partial charge in [-0.3, -0.25) is 24.2 Å². The number of aliphatic imine (C=N–C) groups is 1. The minimum atomic E-state index is -0.908. The van der Waals surface area contributed by atoms with Crippen LogP contribution in [0.3, 0.4) is 0 Å². The molecular formula is C27H22BrN5O4. The van der Waals surface area contributed by atoms with Gasteiger partial charge < -0.3 is 10.2 Å². The number of rotatable bonds is 5. The summed E-state index contributed by atoms with van der Waals surface area (Å²) in [6.45, 7) is -0.430. The monoisotopic (exact) mass is 559 g/mol. The number of nitrogens with one attached hydrogen (secondary N) is 1. The lowest BCUT2D eigenvalue weighted by Crippen LogP contribution is -2.56. The van der Waals surface area contributed by atoms with Crippen molar-refractivity contribution >= 4 is 56.8 Å². The summed E-state index contributed by atoms with van der Waals surface area (Å²) in [6.07, 6.45) is 1.75. The Morgan fingerprint density at radius 2 is 1.78 bits per heavy atom. The van der Waals surface area contributed by atoms with Crippen molar-refractivity contribution in [2.45, 2.75) is 18.9 Å². The summed E-state index contributed by atoms with van der Waals surface area (Å²) in [5.74, 6) is -1.57. The van der Waals surface area contributed by atoms with Gasteiger partial charge in [-0.25, -0.2) is 9.88 Å². The molecular weight excluding hydrogens is 538 g/mol. The highest BCUT2D eigenvalue weighted by atomic mass is 79.9. The number of hydrogen-bond acceptors (Lipinski definition) is 6. The van der Waals surface area contributed by atoms with Crippen LogP contribution in [0.1, 0.15) is 24.0 Å². The maximum Gasteiger partial charge on any atom is 0.257 e. The first kappa shape index (κ1) is 24.5. The largest absolute Gasteiger partial charge is 0.343 e. The lowest BCUT2D eigenvalue weighted by atomic mass is 10.00. The fourth-order valence-electron chi connectivity index (χ4n) is 4.43. The number of hydrogen-bond donors (Lipinski definition) is 1. The van der Waals surface area contributed by atoms with E-state index in [2.05, 4.69) is 31.2 Å². The molecule has 2 aliphatic heterocycles. The van der Waals surface area contributed by atoms with Crippen LogP contribution in [0, 0.1) is 0 Å². The molecule has 0 spiro atoms. The van der Waals surface area contributed by atoms with Crippen molar-refractivity contribution in [2.75, 3.05) is 22.9 Å². The van der Waals surface area contributed by atoms with E-state index in [1.807, 2.05) is 36.4 Å². The van der Waals surface area contributed by atoms with E-state index in [1.165, 1.54) is 11.1 Å². The summed E-state index contributed by atoms with van der Waals surface area (Å²) >= 11 is 3.49. The number of halogens is 1. The number of benzene rings is 2. The van der Waals surface area contributed by atoms with Crippen molar-refractivity contribution < 1.29 is 19.2 Å². The van der Waals surface area contributed by atoms with Crippen molar-refractivity contribution in [1.29, 1.82) is 0 Å². The third kappa shape index (κ3) is 5.05.